The molecule has 2 N–H and O–H groups in total. The first-order valence-electron chi connectivity index (χ1n) is 5.15. The Morgan fingerprint density at radius 3 is 3.20 bits per heavy atom. The van der Waals surface area contributed by atoms with Crippen molar-refractivity contribution in [2.75, 3.05) is 13.1 Å². The minimum absolute atomic E-state index is 0.690. The number of hydrogen-bond acceptors (Lipinski definition) is 5. The summed E-state index contributed by atoms with van der Waals surface area (Å²) in [5, 5.41) is 6.41. The van der Waals surface area contributed by atoms with Crippen LogP contribution in [0.4, 0.5) is 0 Å². The van der Waals surface area contributed by atoms with E-state index in [0.717, 1.165) is 37.0 Å². The largest absolute Gasteiger partial charge is 0.356 e. The minimum atomic E-state index is 0.690. The van der Waals surface area contributed by atoms with E-state index in [-0.39, 0.29) is 0 Å². The highest BCUT2D eigenvalue weighted by Gasteiger charge is 2.03. The second-order valence-electron chi connectivity index (χ2n) is 3.46. The third kappa shape index (κ3) is 2.90. The Labute approximate surface area is 89.0 Å². The molecule has 1 aliphatic rings. The van der Waals surface area contributed by atoms with Gasteiger partial charge in [-0.15, -0.1) is 0 Å². The van der Waals surface area contributed by atoms with E-state index in [1.54, 1.807) is 6.20 Å². The van der Waals surface area contributed by atoms with Crippen LogP contribution in [-0.4, -0.2) is 29.0 Å². The molecule has 1 aromatic heterocycles. The van der Waals surface area contributed by atoms with Gasteiger partial charge < -0.3 is 10.6 Å². The molecule has 1 aliphatic heterocycles. The molecule has 2 heterocycles. The topological polar surface area (TPSA) is 62.2 Å². The number of nitrogens with one attached hydrogen (secondary N) is 2. The lowest BCUT2D eigenvalue weighted by molar-refractivity contribution is 0.697. The normalized spacial score (nSPS) is 15.4. The second kappa shape index (κ2) is 4.72. The Kier molecular flexibility index (Phi) is 3.11. The maximum absolute atomic E-state index is 4.32. The summed E-state index contributed by atoms with van der Waals surface area (Å²) in [5.74, 6) is 1.67. The Morgan fingerprint density at radius 2 is 2.47 bits per heavy atom. The highest BCUT2D eigenvalue weighted by Crippen LogP contribution is 1.94. The maximum Gasteiger partial charge on any atom is 0.191 e. The van der Waals surface area contributed by atoms with Crippen molar-refractivity contribution in [3.63, 3.8) is 0 Å². The third-order valence-electron chi connectivity index (χ3n) is 2.17. The molecule has 0 radical (unpaired) electrons. The molecule has 0 amide bonds. The fraction of sp³-hybridized carbons (Fsp3) is 0.500. The minimum Gasteiger partial charge on any atom is -0.356 e. The number of guanidine groups is 1. The van der Waals surface area contributed by atoms with Crippen molar-refractivity contribution < 1.29 is 0 Å². The second-order valence-corrected chi connectivity index (χ2v) is 3.46. The Hall–Kier alpha value is -1.65. The molecular weight excluding hydrogens is 190 g/mol. The van der Waals surface area contributed by atoms with E-state index in [1.807, 2.05) is 13.0 Å². The molecule has 0 aliphatic carbocycles. The van der Waals surface area contributed by atoms with Gasteiger partial charge in [0.1, 0.15) is 5.82 Å². The summed E-state index contributed by atoms with van der Waals surface area (Å²) < 4.78 is 0. The van der Waals surface area contributed by atoms with Crippen molar-refractivity contribution in [3.8, 4) is 0 Å². The van der Waals surface area contributed by atoms with Crippen molar-refractivity contribution in [1.82, 2.24) is 20.6 Å². The lowest BCUT2D eigenvalue weighted by atomic mass is 10.3. The molecule has 1 aromatic rings. The van der Waals surface area contributed by atoms with Crippen LogP contribution in [0.2, 0.25) is 0 Å². The molecule has 0 bridgehead atoms. The van der Waals surface area contributed by atoms with Gasteiger partial charge in [-0.2, -0.15) is 0 Å². The average molecular weight is 205 g/mol. The van der Waals surface area contributed by atoms with Crippen molar-refractivity contribution in [1.29, 1.82) is 0 Å². The molecule has 5 heteroatoms. The van der Waals surface area contributed by atoms with Gasteiger partial charge in [0.05, 0.1) is 12.2 Å². The van der Waals surface area contributed by atoms with Gasteiger partial charge >= 0.3 is 0 Å². The number of aryl methyl sites for hydroxylation is 1. The molecule has 0 aromatic carbocycles. The zero-order valence-corrected chi connectivity index (χ0v) is 8.82. The highest BCUT2D eigenvalue weighted by atomic mass is 15.2. The smallest absolute Gasteiger partial charge is 0.191 e. The fourth-order valence-corrected chi connectivity index (χ4v) is 1.43. The van der Waals surface area contributed by atoms with Gasteiger partial charge in [0, 0.05) is 19.3 Å². The van der Waals surface area contributed by atoms with E-state index >= 15 is 0 Å². The lowest BCUT2D eigenvalue weighted by Crippen LogP contribution is -2.40. The van der Waals surface area contributed by atoms with Crippen LogP contribution in [-0.2, 0) is 6.54 Å². The zero-order valence-electron chi connectivity index (χ0n) is 8.82. The van der Waals surface area contributed by atoms with Crippen molar-refractivity contribution in [3.05, 3.63) is 23.8 Å². The van der Waals surface area contributed by atoms with Crippen molar-refractivity contribution in [2.45, 2.75) is 19.9 Å². The first kappa shape index (κ1) is 9.89. The predicted octanol–water partition coefficient (Wildman–Crippen LogP) is 0.224. The summed E-state index contributed by atoms with van der Waals surface area (Å²) in [6.07, 6.45) is 2.88. The van der Waals surface area contributed by atoms with E-state index in [1.165, 1.54) is 0 Å². The summed E-state index contributed by atoms with van der Waals surface area (Å²) in [6.45, 7) is 4.47. The Morgan fingerprint density at radius 1 is 1.53 bits per heavy atom. The summed E-state index contributed by atoms with van der Waals surface area (Å²) in [4.78, 5) is 12.7. The van der Waals surface area contributed by atoms with E-state index in [2.05, 4.69) is 25.6 Å². The van der Waals surface area contributed by atoms with Gasteiger partial charge in [0.25, 0.3) is 0 Å². The van der Waals surface area contributed by atoms with Crippen LogP contribution in [0.5, 0.6) is 0 Å². The van der Waals surface area contributed by atoms with E-state index in [0.29, 0.717) is 6.54 Å². The molecule has 2 rings (SSSR count). The van der Waals surface area contributed by atoms with Gasteiger partial charge in [-0.3, -0.25) is 4.99 Å². The molecule has 5 nitrogen and oxygen atoms in total. The number of aromatic nitrogens is 2. The molecule has 0 unspecified atom stereocenters. The van der Waals surface area contributed by atoms with Crippen LogP contribution in [0, 0.1) is 6.92 Å². The number of nitrogens with zero attached hydrogens (tertiary/aromatic N) is 3. The zero-order chi connectivity index (χ0) is 10.5. The van der Waals surface area contributed by atoms with E-state index < -0.39 is 0 Å². The van der Waals surface area contributed by atoms with Gasteiger partial charge in [-0.25, -0.2) is 9.97 Å². The third-order valence-corrected chi connectivity index (χ3v) is 2.17. The van der Waals surface area contributed by atoms with E-state index in [4.69, 9.17) is 0 Å². The molecular formula is C10H15N5. The van der Waals surface area contributed by atoms with Crippen LogP contribution in [0.25, 0.3) is 0 Å². The Balaban J connectivity index is 1.90. The predicted molar refractivity (Wildman–Crippen MR) is 58.5 cm³/mol. The van der Waals surface area contributed by atoms with Crippen LogP contribution < -0.4 is 10.6 Å². The molecule has 0 atom stereocenters. The van der Waals surface area contributed by atoms with Crippen LogP contribution >= 0.6 is 0 Å². The van der Waals surface area contributed by atoms with Crippen molar-refractivity contribution in [2.24, 2.45) is 4.99 Å². The van der Waals surface area contributed by atoms with Gasteiger partial charge in [0.15, 0.2) is 5.96 Å². The van der Waals surface area contributed by atoms with Crippen LogP contribution in [0.1, 0.15) is 17.9 Å². The number of aliphatic imine (C=N–C) groups is 1. The number of rotatable bonds is 2. The van der Waals surface area contributed by atoms with Gasteiger partial charge in [-0.05, 0) is 19.4 Å². The fourth-order valence-electron chi connectivity index (χ4n) is 1.43. The molecule has 80 valence electrons. The molecule has 0 saturated heterocycles. The SMILES string of the molecule is Cc1nccc(CNC2=NCCCN2)n1. The molecule has 0 spiro atoms. The Bertz CT molecular complexity index is 361. The van der Waals surface area contributed by atoms with Crippen LogP contribution in [0.15, 0.2) is 17.3 Å². The summed E-state index contributed by atoms with van der Waals surface area (Å²) >= 11 is 0. The average Bonchev–Trinajstić information content (AvgIpc) is 2.28. The highest BCUT2D eigenvalue weighted by molar-refractivity contribution is 5.80. The first-order valence-corrected chi connectivity index (χ1v) is 5.15. The summed E-state index contributed by atoms with van der Waals surface area (Å²) in [6, 6.07) is 1.91. The van der Waals surface area contributed by atoms with Crippen molar-refractivity contribution >= 4 is 5.96 Å². The van der Waals surface area contributed by atoms with Gasteiger partial charge in [-0.1, -0.05) is 0 Å². The van der Waals surface area contributed by atoms with Crippen LogP contribution in [0.3, 0.4) is 0 Å². The first-order chi connectivity index (χ1) is 7.34. The van der Waals surface area contributed by atoms with E-state index in [9.17, 15) is 0 Å². The van der Waals surface area contributed by atoms with Gasteiger partial charge in [0.2, 0.25) is 0 Å². The quantitative estimate of drug-likeness (QED) is 0.725. The molecule has 0 saturated carbocycles. The summed E-state index contributed by atoms with van der Waals surface area (Å²) in [7, 11) is 0. The maximum atomic E-state index is 4.32. The number of hydrogen-bond donors (Lipinski definition) is 2. The molecule has 0 fully saturated rings. The monoisotopic (exact) mass is 205 g/mol. The standard InChI is InChI=1S/C10H15N5/c1-8-11-6-3-9(15-8)7-14-10-12-4-2-5-13-10/h3,6H,2,4-5,7H2,1H3,(H2,12,13,14). The molecule has 15 heavy (non-hydrogen) atoms. The summed E-state index contributed by atoms with van der Waals surface area (Å²) in [5.41, 5.74) is 0.984. The lowest BCUT2D eigenvalue weighted by Gasteiger charge is -2.15.